The van der Waals surface area contributed by atoms with Gasteiger partial charge in [-0.2, -0.15) is 0 Å². The fourth-order valence-electron chi connectivity index (χ4n) is 1.03. The highest BCUT2D eigenvalue weighted by atomic mass is 35.5. The summed E-state index contributed by atoms with van der Waals surface area (Å²) in [6, 6.07) is 4.23. The second-order valence-electron chi connectivity index (χ2n) is 3.05. The monoisotopic (exact) mass is 258 g/mol. The second kappa shape index (κ2) is 5.95. The van der Waals surface area contributed by atoms with Crippen molar-refractivity contribution in [2.45, 2.75) is 0 Å². The van der Waals surface area contributed by atoms with Crippen molar-refractivity contribution < 1.29 is 19.4 Å². The second-order valence-corrected chi connectivity index (χ2v) is 3.49. The zero-order chi connectivity index (χ0) is 12.8. The Morgan fingerprint density at radius 2 is 2.18 bits per heavy atom. The van der Waals surface area contributed by atoms with Gasteiger partial charge in [0.05, 0.1) is 12.8 Å². The number of amides is 2. The van der Waals surface area contributed by atoms with Crippen molar-refractivity contribution in [1.82, 2.24) is 5.32 Å². The first-order valence-electron chi connectivity index (χ1n) is 4.63. The first-order valence-corrected chi connectivity index (χ1v) is 5.01. The lowest BCUT2D eigenvalue weighted by molar-refractivity contribution is -0.115. The number of halogens is 1. The Balaban J connectivity index is 2.56. The van der Waals surface area contributed by atoms with Crippen molar-refractivity contribution in [3.8, 4) is 5.75 Å². The highest BCUT2D eigenvalue weighted by Crippen LogP contribution is 2.26. The van der Waals surface area contributed by atoms with Crippen LogP contribution >= 0.6 is 11.6 Å². The van der Waals surface area contributed by atoms with E-state index in [-0.39, 0.29) is 18.0 Å². The molecule has 1 aromatic carbocycles. The third-order valence-electron chi connectivity index (χ3n) is 1.81. The van der Waals surface area contributed by atoms with Crippen LogP contribution in [0.1, 0.15) is 0 Å². The molecule has 0 spiro atoms. The number of hydrogen-bond acceptors (Lipinski definition) is 4. The molecule has 0 bridgehead atoms. The molecule has 0 atom stereocenters. The number of ether oxygens (including phenoxy) is 1. The fraction of sp³-hybridized carbons (Fsp3) is 0.200. The average Bonchev–Trinajstić information content (AvgIpc) is 2.30. The van der Waals surface area contributed by atoms with Crippen LogP contribution in [0.4, 0.5) is 10.5 Å². The van der Waals surface area contributed by atoms with Crippen LogP contribution in [0.3, 0.4) is 0 Å². The van der Waals surface area contributed by atoms with E-state index in [2.05, 4.69) is 15.4 Å². The highest BCUT2D eigenvalue weighted by molar-refractivity contribution is 6.31. The molecule has 0 aliphatic heterocycles. The number of hydrogen-bond donors (Lipinski definition) is 3. The average molecular weight is 259 g/mol. The quantitative estimate of drug-likeness (QED) is 0.714. The minimum absolute atomic E-state index is 0.110. The summed E-state index contributed by atoms with van der Waals surface area (Å²) in [6.07, 6.45) is -0.713. The summed E-state index contributed by atoms with van der Waals surface area (Å²) in [5.74, 6) is -0.617. The van der Waals surface area contributed by atoms with E-state index in [1.165, 1.54) is 25.3 Å². The molecule has 2 amide bonds. The van der Waals surface area contributed by atoms with Crippen molar-refractivity contribution in [3.05, 3.63) is 23.2 Å². The lowest BCUT2D eigenvalue weighted by atomic mass is 10.3. The number of rotatable bonds is 3. The molecule has 0 aliphatic rings. The summed E-state index contributed by atoms with van der Waals surface area (Å²) >= 11 is 5.70. The maximum Gasteiger partial charge on any atom is 0.407 e. The van der Waals surface area contributed by atoms with Crippen LogP contribution in [0.15, 0.2) is 18.2 Å². The maximum absolute atomic E-state index is 11.4. The first-order chi connectivity index (χ1) is 8.02. The van der Waals surface area contributed by atoms with Gasteiger partial charge in [0.1, 0.15) is 12.3 Å². The van der Waals surface area contributed by atoms with Crippen LogP contribution in [0.2, 0.25) is 5.02 Å². The van der Waals surface area contributed by atoms with E-state index in [1.807, 2.05) is 0 Å². The number of benzene rings is 1. The van der Waals surface area contributed by atoms with E-state index in [0.717, 1.165) is 0 Å². The van der Waals surface area contributed by atoms with Crippen molar-refractivity contribution in [2.24, 2.45) is 0 Å². The number of methoxy groups -OCH3 is 1. The number of alkyl carbamates (subject to hydrolysis) is 1. The van der Waals surface area contributed by atoms with Crippen molar-refractivity contribution in [3.63, 3.8) is 0 Å². The minimum atomic E-state index is -0.713. The Bertz CT molecular complexity index is 436. The summed E-state index contributed by atoms with van der Waals surface area (Å²) in [4.78, 5) is 22.1. The van der Waals surface area contributed by atoms with Gasteiger partial charge in [-0.1, -0.05) is 11.6 Å². The summed E-state index contributed by atoms with van der Waals surface area (Å²) in [5, 5.41) is 14.4. The van der Waals surface area contributed by atoms with E-state index >= 15 is 0 Å². The predicted molar refractivity (Wildman–Crippen MR) is 62.2 cm³/mol. The normalized spacial score (nSPS) is 9.53. The molecular weight excluding hydrogens is 248 g/mol. The van der Waals surface area contributed by atoms with Gasteiger partial charge >= 0.3 is 6.09 Å². The molecule has 92 valence electrons. The number of aromatic hydroxyl groups is 1. The minimum Gasteiger partial charge on any atom is -0.506 e. The number of phenolic OH excluding ortho intramolecular Hbond substituents is 1. The van der Waals surface area contributed by atoms with Crippen LogP contribution in [-0.4, -0.2) is 30.8 Å². The molecule has 0 saturated heterocycles. The Labute approximate surface area is 103 Å². The molecular formula is C10H11ClN2O4. The Morgan fingerprint density at radius 3 is 2.82 bits per heavy atom. The smallest absolute Gasteiger partial charge is 0.407 e. The standard InChI is InChI=1S/C10H11ClN2O4/c1-17-10(16)12-5-9(15)13-7-4-6(11)2-3-8(7)14/h2-4,14H,5H2,1H3,(H,12,16)(H,13,15). The molecule has 0 unspecified atom stereocenters. The summed E-state index contributed by atoms with van der Waals surface area (Å²) < 4.78 is 4.29. The van der Waals surface area contributed by atoms with Crippen LogP contribution in [0, 0.1) is 0 Å². The Kier molecular flexibility index (Phi) is 4.59. The van der Waals surface area contributed by atoms with Gasteiger partial charge in [-0.05, 0) is 18.2 Å². The topological polar surface area (TPSA) is 87.7 Å². The Hall–Kier alpha value is -1.95. The van der Waals surface area contributed by atoms with E-state index in [4.69, 9.17) is 11.6 Å². The van der Waals surface area contributed by atoms with Crippen LogP contribution < -0.4 is 10.6 Å². The summed E-state index contributed by atoms with van der Waals surface area (Å²) in [6.45, 7) is -0.265. The predicted octanol–water partition coefficient (Wildman–Crippen LogP) is 1.34. The lowest BCUT2D eigenvalue weighted by Crippen LogP contribution is -2.32. The molecule has 3 N–H and O–H groups in total. The third kappa shape index (κ3) is 4.20. The van der Waals surface area contributed by atoms with Gasteiger partial charge in [0.15, 0.2) is 0 Å². The van der Waals surface area contributed by atoms with E-state index in [9.17, 15) is 14.7 Å². The zero-order valence-electron chi connectivity index (χ0n) is 8.99. The van der Waals surface area contributed by atoms with Crippen molar-refractivity contribution in [2.75, 3.05) is 19.0 Å². The molecule has 0 fully saturated rings. The molecule has 7 heteroatoms. The first kappa shape index (κ1) is 13.1. The van der Waals surface area contributed by atoms with E-state index in [0.29, 0.717) is 5.02 Å². The number of carbonyl (C=O) groups is 2. The van der Waals surface area contributed by atoms with Crippen molar-refractivity contribution >= 4 is 29.3 Å². The molecule has 0 aromatic heterocycles. The summed E-state index contributed by atoms with van der Waals surface area (Å²) in [5.41, 5.74) is 0.175. The number of phenols is 1. The molecule has 0 heterocycles. The SMILES string of the molecule is COC(=O)NCC(=O)Nc1cc(Cl)ccc1O. The molecule has 0 aliphatic carbocycles. The van der Waals surface area contributed by atoms with Gasteiger partial charge in [-0.3, -0.25) is 4.79 Å². The van der Waals surface area contributed by atoms with Crippen LogP contribution in [0.25, 0.3) is 0 Å². The molecule has 1 aromatic rings. The van der Waals surface area contributed by atoms with Crippen LogP contribution in [-0.2, 0) is 9.53 Å². The van der Waals surface area contributed by atoms with E-state index in [1.54, 1.807) is 0 Å². The number of nitrogens with one attached hydrogen (secondary N) is 2. The van der Waals surface area contributed by atoms with Crippen LogP contribution in [0.5, 0.6) is 5.75 Å². The zero-order valence-corrected chi connectivity index (χ0v) is 9.75. The largest absolute Gasteiger partial charge is 0.506 e. The van der Waals surface area contributed by atoms with E-state index < -0.39 is 12.0 Å². The fourth-order valence-corrected chi connectivity index (χ4v) is 1.20. The molecule has 17 heavy (non-hydrogen) atoms. The third-order valence-corrected chi connectivity index (χ3v) is 2.05. The molecule has 0 saturated carbocycles. The van der Waals surface area contributed by atoms with Gasteiger partial charge < -0.3 is 20.5 Å². The van der Waals surface area contributed by atoms with Gasteiger partial charge in [0.2, 0.25) is 5.91 Å². The van der Waals surface area contributed by atoms with Gasteiger partial charge in [0.25, 0.3) is 0 Å². The number of carbonyl (C=O) groups excluding carboxylic acids is 2. The Morgan fingerprint density at radius 1 is 1.47 bits per heavy atom. The van der Waals surface area contributed by atoms with Gasteiger partial charge in [0, 0.05) is 5.02 Å². The summed E-state index contributed by atoms with van der Waals surface area (Å²) in [7, 11) is 1.19. The number of anilines is 1. The highest BCUT2D eigenvalue weighted by Gasteiger charge is 2.08. The van der Waals surface area contributed by atoms with Gasteiger partial charge in [-0.15, -0.1) is 0 Å². The molecule has 6 nitrogen and oxygen atoms in total. The van der Waals surface area contributed by atoms with Crippen molar-refractivity contribution in [1.29, 1.82) is 0 Å². The lowest BCUT2D eigenvalue weighted by Gasteiger charge is -2.08. The van der Waals surface area contributed by atoms with Gasteiger partial charge in [-0.25, -0.2) is 4.79 Å². The maximum atomic E-state index is 11.4. The molecule has 1 rings (SSSR count). The molecule has 0 radical (unpaired) electrons.